The van der Waals surface area contributed by atoms with E-state index >= 15 is 0 Å². The summed E-state index contributed by atoms with van der Waals surface area (Å²) in [5, 5.41) is 19.2. The quantitative estimate of drug-likeness (QED) is 0.0456. The third-order valence-electron chi connectivity index (χ3n) is 7.43. The molecule has 0 heterocycles. The zero-order chi connectivity index (χ0) is 32.4. The number of aliphatic hydroxyl groups excluding tert-OH is 2. The first-order chi connectivity index (χ1) is 21.5. The van der Waals surface area contributed by atoms with E-state index in [9.17, 15) is 19.8 Å². The lowest BCUT2D eigenvalue weighted by Crippen LogP contribution is -2.28. The first-order valence-electron chi connectivity index (χ1n) is 17.8. The van der Waals surface area contributed by atoms with Crippen molar-refractivity contribution in [1.29, 1.82) is 0 Å². The fourth-order valence-corrected chi connectivity index (χ4v) is 4.74. The summed E-state index contributed by atoms with van der Waals surface area (Å²) in [6.45, 7) is 3.87. The molecular weight excluding hydrogens is 552 g/mol. The third-order valence-corrected chi connectivity index (χ3v) is 7.43. The Bertz CT molecular complexity index is 769. The van der Waals surface area contributed by atoms with E-state index in [1.807, 2.05) is 0 Å². The molecule has 0 saturated heterocycles. The molecule has 0 radical (unpaired) electrons. The van der Waals surface area contributed by atoms with Gasteiger partial charge in [-0.2, -0.15) is 0 Å². The van der Waals surface area contributed by atoms with E-state index in [0.717, 1.165) is 64.2 Å². The first-order valence-corrected chi connectivity index (χ1v) is 17.8. The van der Waals surface area contributed by atoms with Crippen LogP contribution in [-0.4, -0.2) is 47.6 Å². The van der Waals surface area contributed by atoms with Crippen molar-refractivity contribution in [1.82, 2.24) is 0 Å². The van der Waals surface area contributed by atoms with Crippen LogP contribution >= 0.6 is 0 Å². The summed E-state index contributed by atoms with van der Waals surface area (Å²) in [6.07, 6.45) is 38.0. The van der Waals surface area contributed by atoms with Crippen LogP contribution in [0.2, 0.25) is 0 Å². The van der Waals surface area contributed by atoms with Gasteiger partial charge in [-0.25, -0.2) is 0 Å². The standard InChI is InChI=1S/C38H66O6/c1-3-5-6-7-8-9-10-15-18-21-24-27-31-37(41)43-34-36(33-39)44-38(42)32-28-25-22-19-16-13-11-12-14-17-20-23-26-30-35(40)29-4-2/h11,13-14,17,19,22-23,26,35-36,39-40H,3-10,12,15-16,18,20-21,24-25,27-34H2,1-2H3/b13-11-,17-14-,22-19-,26-23-/t35?,36-/m0/s1. The monoisotopic (exact) mass is 618 g/mol. The summed E-state index contributed by atoms with van der Waals surface area (Å²) in [6, 6.07) is 0. The number of rotatable bonds is 31. The van der Waals surface area contributed by atoms with E-state index in [0.29, 0.717) is 12.8 Å². The van der Waals surface area contributed by atoms with Crippen LogP contribution in [0.5, 0.6) is 0 Å². The second-order valence-electron chi connectivity index (χ2n) is 11.8. The third kappa shape index (κ3) is 31.3. The zero-order valence-electron chi connectivity index (χ0n) is 28.3. The average Bonchev–Trinajstić information content (AvgIpc) is 3.01. The van der Waals surface area contributed by atoms with Crippen LogP contribution in [0.3, 0.4) is 0 Å². The Morgan fingerprint density at radius 2 is 1.11 bits per heavy atom. The molecule has 0 aliphatic carbocycles. The van der Waals surface area contributed by atoms with Gasteiger partial charge < -0.3 is 19.7 Å². The van der Waals surface area contributed by atoms with Gasteiger partial charge in [0.2, 0.25) is 0 Å². The topological polar surface area (TPSA) is 93.1 Å². The second kappa shape index (κ2) is 33.7. The number of allylic oxidation sites excluding steroid dienone is 7. The molecule has 6 nitrogen and oxygen atoms in total. The van der Waals surface area contributed by atoms with Crippen LogP contribution in [-0.2, 0) is 19.1 Å². The Morgan fingerprint density at radius 3 is 1.66 bits per heavy atom. The average molecular weight is 619 g/mol. The summed E-state index contributed by atoms with van der Waals surface area (Å²) in [5.74, 6) is -0.679. The molecule has 0 aliphatic rings. The Morgan fingerprint density at radius 1 is 0.614 bits per heavy atom. The van der Waals surface area contributed by atoms with Gasteiger partial charge in [-0.1, -0.05) is 140 Å². The van der Waals surface area contributed by atoms with Crippen LogP contribution in [0.4, 0.5) is 0 Å². The zero-order valence-corrected chi connectivity index (χ0v) is 28.3. The highest BCUT2D eigenvalue weighted by molar-refractivity contribution is 5.70. The van der Waals surface area contributed by atoms with Crippen LogP contribution in [0, 0.1) is 0 Å². The molecule has 0 spiro atoms. The number of unbranched alkanes of at least 4 members (excludes halogenated alkanes) is 12. The van der Waals surface area contributed by atoms with E-state index in [2.05, 4.69) is 62.5 Å². The van der Waals surface area contributed by atoms with Crippen LogP contribution in [0.1, 0.15) is 155 Å². The molecule has 0 fully saturated rings. The van der Waals surface area contributed by atoms with Gasteiger partial charge in [-0.05, 0) is 51.4 Å². The predicted molar refractivity (Wildman–Crippen MR) is 183 cm³/mol. The van der Waals surface area contributed by atoms with Crippen LogP contribution in [0.25, 0.3) is 0 Å². The fourth-order valence-electron chi connectivity index (χ4n) is 4.74. The molecule has 0 aromatic heterocycles. The van der Waals surface area contributed by atoms with E-state index in [-0.39, 0.29) is 37.7 Å². The molecule has 0 bridgehead atoms. The number of esters is 2. The highest BCUT2D eigenvalue weighted by atomic mass is 16.6. The maximum atomic E-state index is 12.1. The molecule has 1 unspecified atom stereocenters. The molecule has 0 aromatic carbocycles. The lowest BCUT2D eigenvalue weighted by molar-refractivity contribution is -0.161. The van der Waals surface area contributed by atoms with Gasteiger partial charge >= 0.3 is 11.9 Å². The number of ether oxygens (including phenoxy) is 2. The van der Waals surface area contributed by atoms with E-state index in [1.54, 1.807) is 0 Å². The van der Waals surface area contributed by atoms with Gasteiger partial charge in [0.15, 0.2) is 6.10 Å². The molecule has 2 N–H and O–H groups in total. The van der Waals surface area contributed by atoms with Crippen molar-refractivity contribution in [3.8, 4) is 0 Å². The number of carbonyl (C=O) groups excluding carboxylic acids is 2. The Kier molecular flexibility index (Phi) is 32.0. The van der Waals surface area contributed by atoms with Gasteiger partial charge in [0.1, 0.15) is 6.61 Å². The number of hydrogen-bond donors (Lipinski definition) is 2. The Hall–Kier alpha value is -2.18. The summed E-state index contributed by atoms with van der Waals surface area (Å²) >= 11 is 0. The highest BCUT2D eigenvalue weighted by Crippen LogP contribution is 2.13. The summed E-state index contributed by atoms with van der Waals surface area (Å²) in [7, 11) is 0. The summed E-state index contributed by atoms with van der Waals surface area (Å²) in [4.78, 5) is 24.1. The molecular formula is C38H66O6. The predicted octanol–water partition coefficient (Wildman–Crippen LogP) is 9.64. The molecule has 254 valence electrons. The van der Waals surface area contributed by atoms with Crippen molar-refractivity contribution in [3.05, 3.63) is 48.6 Å². The molecule has 0 saturated carbocycles. The normalized spacial score (nSPS) is 13.5. The maximum Gasteiger partial charge on any atom is 0.306 e. The Balaban J connectivity index is 3.73. The van der Waals surface area contributed by atoms with Crippen molar-refractivity contribution in [2.24, 2.45) is 0 Å². The van der Waals surface area contributed by atoms with E-state index < -0.39 is 6.10 Å². The van der Waals surface area contributed by atoms with Crippen molar-refractivity contribution in [2.75, 3.05) is 13.2 Å². The number of hydrogen-bond acceptors (Lipinski definition) is 6. The minimum Gasteiger partial charge on any atom is -0.462 e. The van der Waals surface area contributed by atoms with Gasteiger partial charge in [-0.15, -0.1) is 0 Å². The summed E-state index contributed by atoms with van der Waals surface area (Å²) < 4.78 is 10.5. The molecule has 0 aromatic rings. The van der Waals surface area contributed by atoms with Crippen LogP contribution < -0.4 is 0 Å². The van der Waals surface area contributed by atoms with Crippen molar-refractivity contribution < 1.29 is 29.3 Å². The molecule has 0 rings (SSSR count). The number of carbonyl (C=O) groups is 2. The molecule has 44 heavy (non-hydrogen) atoms. The second-order valence-corrected chi connectivity index (χ2v) is 11.8. The van der Waals surface area contributed by atoms with Crippen LogP contribution in [0.15, 0.2) is 48.6 Å². The van der Waals surface area contributed by atoms with Gasteiger partial charge in [0.05, 0.1) is 12.7 Å². The minimum atomic E-state index is -0.808. The molecule has 2 atom stereocenters. The Labute approximate surface area is 270 Å². The summed E-state index contributed by atoms with van der Waals surface area (Å²) in [5.41, 5.74) is 0. The maximum absolute atomic E-state index is 12.1. The minimum absolute atomic E-state index is 0.0966. The van der Waals surface area contributed by atoms with E-state index in [4.69, 9.17) is 9.47 Å². The molecule has 0 amide bonds. The smallest absolute Gasteiger partial charge is 0.306 e. The lowest BCUT2D eigenvalue weighted by atomic mass is 10.0. The largest absolute Gasteiger partial charge is 0.462 e. The van der Waals surface area contributed by atoms with E-state index in [1.165, 1.54) is 57.8 Å². The fraction of sp³-hybridized carbons (Fsp3) is 0.737. The molecule has 0 aliphatic heterocycles. The van der Waals surface area contributed by atoms with Gasteiger partial charge in [0, 0.05) is 12.8 Å². The van der Waals surface area contributed by atoms with Gasteiger partial charge in [-0.3, -0.25) is 9.59 Å². The van der Waals surface area contributed by atoms with Gasteiger partial charge in [0.25, 0.3) is 0 Å². The first kappa shape index (κ1) is 41.8. The van der Waals surface area contributed by atoms with Crippen molar-refractivity contribution in [3.63, 3.8) is 0 Å². The van der Waals surface area contributed by atoms with Crippen molar-refractivity contribution in [2.45, 2.75) is 167 Å². The SMILES string of the molecule is CCCCCCCCCCCCCCC(=O)OC[C@H](CO)OC(=O)CCC/C=C\C/C=C\C/C=C\C/C=C\CC(O)CCC. The molecule has 6 heteroatoms. The van der Waals surface area contributed by atoms with Crippen molar-refractivity contribution >= 4 is 11.9 Å². The highest BCUT2D eigenvalue weighted by Gasteiger charge is 2.15. The number of aliphatic hydroxyl groups is 2. The lowest BCUT2D eigenvalue weighted by Gasteiger charge is -2.15.